The van der Waals surface area contributed by atoms with Crippen molar-refractivity contribution in [1.82, 2.24) is 14.9 Å². The number of carbonyl (C=O) groups is 1. The molecule has 1 amide bonds. The van der Waals surface area contributed by atoms with Gasteiger partial charge in [0.05, 0.1) is 0 Å². The highest BCUT2D eigenvalue weighted by Gasteiger charge is 2.16. The molecule has 0 saturated heterocycles. The maximum absolute atomic E-state index is 11.3. The first-order valence-electron chi connectivity index (χ1n) is 6.21. The number of amides is 1. The molecule has 0 radical (unpaired) electrons. The molecule has 96 valence electrons. The number of hydrogen-bond acceptors (Lipinski definition) is 3. The molecule has 0 aliphatic carbocycles. The van der Waals surface area contributed by atoms with Crippen LogP contribution < -0.4 is 11.1 Å². The first kappa shape index (κ1) is 13.7. The van der Waals surface area contributed by atoms with Crippen molar-refractivity contribution in [1.29, 1.82) is 0 Å². The Hall–Kier alpha value is -1.36. The Balaban J connectivity index is 2.64. The summed E-state index contributed by atoms with van der Waals surface area (Å²) in [6.45, 7) is 5.53. The third-order valence-corrected chi connectivity index (χ3v) is 2.64. The quantitative estimate of drug-likeness (QED) is 0.700. The van der Waals surface area contributed by atoms with Gasteiger partial charge >= 0.3 is 0 Å². The number of primary amides is 1. The van der Waals surface area contributed by atoms with E-state index in [1.807, 2.05) is 10.8 Å². The third kappa shape index (κ3) is 4.19. The van der Waals surface area contributed by atoms with Gasteiger partial charge in [-0.15, -0.1) is 0 Å². The van der Waals surface area contributed by atoms with Gasteiger partial charge in [-0.1, -0.05) is 13.8 Å². The lowest BCUT2D eigenvalue weighted by Gasteiger charge is -2.17. The number of nitrogens with zero attached hydrogens (tertiary/aromatic N) is 2. The number of nitrogens with two attached hydrogens (primary N) is 1. The lowest BCUT2D eigenvalue weighted by Crippen LogP contribution is -2.44. The molecule has 0 fully saturated rings. The average molecular weight is 238 g/mol. The third-order valence-electron chi connectivity index (χ3n) is 2.64. The first-order chi connectivity index (χ1) is 8.19. The van der Waals surface area contributed by atoms with Crippen molar-refractivity contribution in [2.45, 2.75) is 45.7 Å². The summed E-state index contributed by atoms with van der Waals surface area (Å²) in [6, 6.07) is -0.320. The minimum atomic E-state index is -0.320. The molecule has 0 aromatic carbocycles. The van der Waals surface area contributed by atoms with Crippen LogP contribution in [0.5, 0.6) is 0 Å². The molecule has 1 aromatic rings. The summed E-state index contributed by atoms with van der Waals surface area (Å²) in [7, 11) is 0. The standard InChI is InChI=1S/C12H22N4O/c1-3-5-11-15-7-8-16(11)9-10(12(13)17)14-6-4-2/h7-8,10,14H,3-6,9H2,1-2H3,(H2,13,17). The Kier molecular flexibility index (Phi) is 5.69. The monoisotopic (exact) mass is 238 g/mol. The van der Waals surface area contributed by atoms with Crippen LogP contribution in [0.4, 0.5) is 0 Å². The summed E-state index contributed by atoms with van der Waals surface area (Å²) < 4.78 is 2.00. The number of aryl methyl sites for hydroxylation is 1. The number of carbonyl (C=O) groups excluding carboxylic acids is 1. The van der Waals surface area contributed by atoms with Gasteiger partial charge in [-0.05, 0) is 19.4 Å². The van der Waals surface area contributed by atoms with Gasteiger partial charge in [0.25, 0.3) is 0 Å². The number of imidazole rings is 1. The molecular weight excluding hydrogens is 216 g/mol. The smallest absolute Gasteiger partial charge is 0.236 e. The summed E-state index contributed by atoms with van der Waals surface area (Å²) in [5.74, 6) is 0.701. The van der Waals surface area contributed by atoms with Gasteiger partial charge < -0.3 is 15.6 Å². The van der Waals surface area contributed by atoms with Crippen molar-refractivity contribution < 1.29 is 4.79 Å². The second-order valence-electron chi connectivity index (χ2n) is 4.15. The number of hydrogen-bond donors (Lipinski definition) is 2. The normalized spacial score (nSPS) is 12.6. The Morgan fingerprint density at radius 1 is 1.53 bits per heavy atom. The van der Waals surface area contributed by atoms with E-state index in [1.165, 1.54) is 0 Å². The molecule has 0 spiro atoms. The van der Waals surface area contributed by atoms with E-state index in [-0.39, 0.29) is 11.9 Å². The maximum atomic E-state index is 11.3. The van der Waals surface area contributed by atoms with Crippen molar-refractivity contribution in [2.24, 2.45) is 5.73 Å². The topological polar surface area (TPSA) is 72.9 Å². The van der Waals surface area contributed by atoms with Crippen molar-refractivity contribution in [3.63, 3.8) is 0 Å². The first-order valence-corrected chi connectivity index (χ1v) is 6.21. The maximum Gasteiger partial charge on any atom is 0.236 e. The highest BCUT2D eigenvalue weighted by Crippen LogP contribution is 2.03. The zero-order valence-corrected chi connectivity index (χ0v) is 10.6. The van der Waals surface area contributed by atoms with Crippen LogP contribution in [0.25, 0.3) is 0 Å². The van der Waals surface area contributed by atoms with E-state index in [0.29, 0.717) is 6.54 Å². The molecule has 1 heterocycles. The summed E-state index contributed by atoms with van der Waals surface area (Å²) in [5.41, 5.74) is 5.38. The minimum Gasteiger partial charge on any atom is -0.368 e. The largest absolute Gasteiger partial charge is 0.368 e. The predicted octanol–water partition coefficient (Wildman–Crippen LogP) is 0.689. The summed E-state index contributed by atoms with van der Waals surface area (Å²) in [5, 5.41) is 3.15. The van der Waals surface area contributed by atoms with E-state index in [0.717, 1.165) is 31.6 Å². The number of nitrogens with one attached hydrogen (secondary N) is 1. The molecule has 1 aromatic heterocycles. The fraction of sp³-hybridized carbons (Fsp3) is 0.667. The Morgan fingerprint density at radius 2 is 2.29 bits per heavy atom. The van der Waals surface area contributed by atoms with Crippen LogP contribution in [0.1, 0.15) is 32.5 Å². The zero-order valence-electron chi connectivity index (χ0n) is 10.6. The SMILES string of the molecule is CCCNC(Cn1ccnc1CCC)C(N)=O. The van der Waals surface area contributed by atoms with Gasteiger partial charge in [0.1, 0.15) is 11.9 Å². The van der Waals surface area contributed by atoms with E-state index >= 15 is 0 Å². The molecule has 3 N–H and O–H groups in total. The van der Waals surface area contributed by atoms with E-state index in [1.54, 1.807) is 6.20 Å². The van der Waals surface area contributed by atoms with Gasteiger partial charge in [0.15, 0.2) is 0 Å². The molecule has 0 bridgehead atoms. The summed E-state index contributed by atoms with van der Waals surface area (Å²) >= 11 is 0. The fourth-order valence-electron chi connectivity index (χ4n) is 1.73. The van der Waals surface area contributed by atoms with Gasteiger partial charge in [-0.2, -0.15) is 0 Å². The van der Waals surface area contributed by atoms with Crippen LogP contribution in [0.2, 0.25) is 0 Å². The molecule has 1 atom stereocenters. The van der Waals surface area contributed by atoms with Crippen molar-refractivity contribution in [3.8, 4) is 0 Å². The van der Waals surface area contributed by atoms with Gasteiger partial charge in [0.2, 0.25) is 5.91 Å². The van der Waals surface area contributed by atoms with Crippen LogP contribution >= 0.6 is 0 Å². The molecule has 17 heavy (non-hydrogen) atoms. The van der Waals surface area contributed by atoms with Gasteiger partial charge in [-0.25, -0.2) is 4.98 Å². The molecule has 1 rings (SSSR count). The molecule has 5 heteroatoms. The minimum absolute atomic E-state index is 0.311. The number of aromatic nitrogens is 2. The van der Waals surface area contributed by atoms with E-state index < -0.39 is 0 Å². The Labute approximate surface area is 102 Å². The van der Waals surface area contributed by atoms with Gasteiger partial charge in [0, 0.05) is 25.4 Å². The highest BCUT2D eigenvalue weighted by atomic mass is 16.1. The van der Waals surface area contributed by atoms with Crippen LogP contribution in [0.15, 0.2) is 12.4 Å². The van der Waals surface area contributed by atoms with Crippen molar-refractivity contribution in [2.75, 3.05) is 6.54 Å². The van der Waals surface area contributed by atoms with E-state index in [4.69, 9.17) is 5.73 Å². The van der Waals surface area contributed by atoms with Crippen LogP contribution in [-0.4, -0.2) is 28.0 Å². The molecule has 0 aliphatic heterocycles. The van der Waals surface area contributed by atoms with E-state index in [9.17, 15) is 4.79 Å². The summed E-state index contributed by atoms with van der Waals surface area (Å²) in [6.07, 6.45) is 6.61. The fourth-order valence-corrected chi connectivity index (χ4v) is 1.73. The van der Waals surface area contributed by atoms with Gasteiger partial charge in [-0.3, -0.25) is 4.79 Å². The lowest BCUT2D eigenvalue weighted by atomic mass is 10.2. The average Bonchev–Trinajstić information content (AvgIpc) is 2.72. The van der Waals surface area contributed by atoms with E-state index in [2.05, 4.69) is 24.1 Å². The lowest BCUT2D eigenvalue weighted by molar-refractivity contribution is -0.120. The van der Waals surface area contributed by atoms with Crippen molar-refractivity contribution >= 4 is 5.91 Å². The Bertz CT molecular complexity index is 348. The molecule has 0 aliphatic rings. The second-order valence-corrected chi connectivity index (χ2v) is 4.15. The number of rotatable bonds is 8. The molecule has 1 unspecified atom stereocenters. The predicted molar refractivity (Wildman–Crippen MR) is 67.5 cm³/mol. The van der Waals surface area contributed by atoms with Crippen LogP contribution in [0.3, 0.4) is 0 Å². The molecule has 5 nitrogen and oxygen atoms in total. The molecule has 0 saturated carbocycles. The second kappa shape index (κ2) is 7.06. The van der Waals surface area contributed by atoms with Crippen LogP contribution in [0, 0.1) is 0 Å². The molecular formula is C12H22N4O. The Morgan fingerprint density at radius 3 is 2.88 bits per heavy atom. The van der Waals surface area contributed by atoms with Crippen LogP contribution in [-0.2, 0) is 17.8 Å². The zero-order chi connectivity index (χ0) is 12.7. The highest BCUT2D eigenvalue weighted by molar-refractivity contribution is 5.79. The summed E-state index contributed by atoms with van der Waals surface area (Å²) in [4.78, 5) is 15.6. The van der Waals surface area contributed by atoms with Crippen molar-refractivity contribution in [3.05, 3.63) is 18.2 Å².